The van der Waals surface area contributed by atoms with Crippen molar-refractivity contribution in [3.63, 3.8) is 0 Å². The third-order valence-corrected chi connectivity index (χ3v) is 6.73. The molecule has 2 heterocycles. The van der Waals surface area contributed by atoms with E-state index in [-0.39, 0.29) is 24.2 Å². The zero-order chi connectivity index (χ0) is 18.6. The highest BCUT2D eigenvalue weighted by atomic mass is 32.2. The van der Waals surface area contributed by atoms with Crippen LogP contribution in [-0.2, 0) is 19.7 Å². The Balaban J connectivity index is 1.85. The van der Waals surface area contributed by atoms with Gasteiger partial charge in [0.15, 0.2) is 0 Å². The van der Waals surface area contributed by atoms with Crippen molar-refractivity contribution >= 4 is 16.1 Å². The van der Waals surface area contributed by atoms with E-state index in [1.54, 1.807) is 0 Å². The van der Waals surface area contributed by atoms with Crippen molar-refractivity contribution < 1.29 is 17.9 Å². The van der Waals surface area contributed by atoms with Crippen molar-refractivity contribution in [1.82, 2.24) is 18.8 Å². The molecule has 2 aliphatic heterocycles. The number of hydrogen-bond acceptors (Lipinski definition) is 5. The van der Waals surface area contributed by atoms with Gasteiger partial charge in [0.2, 0.25) is 5.91 Å². The maximum atomic E-state index is 12.8. The first kappa shape index (κ1) is 20.6. The van der Waals surface area contributed by atoms with Crippen LogP contribution in [0, 0.1) is 0 Å². The molecule has 0 unspecified atom stereocenters. The van der Waals surface area contributed by atoms with Crippen LogP contribution in [0.1, 0.15) is 34.1 Å². The van der Waals surface area contributed by atoms with Crippen LogP contribution >= 0.6 is 0 Å². The van der Waals surface area contributed by atoms with E-state index < -0.39 is 10.2 Å². The molecule has 9 heteroatoms. The highest BCUT2D eigenvalue weighted by Gasteiger charge is 2.36. The normalized spacial score (nSPS) is 28.6. The van der Waals surface area contributed by atoms with E-state index in [0.29, 0.717) is 45.8 Å². The summed E-state index contributed by atoms with van der Waals surface area (Å²) in [5.41, 5.74) is 0. The molecule has 0 aromatic rings. The lowest BCUT2D eigenvalue weighted by atomic mass is 10.2. The van der Waals surface area contributed by atoms with Crippen LogP contribution in [0.3, 0.4) is 0 Å². The highest BCUT2D eigenvalue weighted by Crippen LogP contribution is 2.18. The second-order valence-corrected chi connectivity index (χ2v) is 9.06. The number of nitrogens with zero attached hydrogens (tertiary/aromatic N) is 3. The SMILES string of the molecule is CC[C@H](C)NC(=O)CN1CCN(S(=O)(=O)N2C[C@@H](C)O[C@@H](C)C2)CC1. The van der Waals surface area contributed by atoms with Crippen LogP contribution in [0.15, 0.2) is 0 Å². The van der Waals surface area contributed by atoms with E-state index in [0.717, 1.165) is 6.42 Å². The van der Waals surface area contributed by atoms with E-state index in [1.165, 1.54) is 8.61 Å². The number of hydrogen-bond donors (Lipinski definition) is 1. The lowest BCUT2D eigenvalue weighted by Crippen LogP contribution is -2.57. The fourth-order valence-corrected chi connectivity index (χ4v) is 4.97. The Morgan fingerprint density at radius 2 is 1.68 bits per heavy atom. The average Bonchev–Trinajstić information content (AvgIpc) is 2.54. The molecule has 0 aromatic heterocycles. The summed E-state index contributed by atoms with van der Waals surface area (Å²) in [5.74, 6) is 0.00138. The minimum atomic E-state index is -3.47. The summed E-state index contributed by atoms with van der Waals surface area (Å²) >= 11 is 0. The number of amides is 1. The zero-order valence-corrected chi connectivity index (χ0v) is 16.6. The van der Waals surface area contributed by atoms with Gasteiger partial charge in [-0.1, -0.05) is 6.92 Å². The van der Waals surface area contributed by atoms with Crippen LogP contribution in [0.2, 0.25) is 0 Å². The molecule has 0 radical (unpaired) electrons. The van der Waals surface area contributed by atoms with Gasteiger partial charge in [0.1, 0.15) is 0 Å². The fourth-order valence-electron chi connectivity index (χ4n) is 3.23. The molecule has 3 atom stereocenters. The Morgan fingerprint density at radius 3 is 2.20 bits per heavy atom. The molecule has 2 aliphatic rings. The second kappa shape index (κ2) is 8.77. The smallest absolute Gasteiger partial charge is 0.282 e. The maximum Gasteiger partial charge on any atom is 0.282 e. The molecule has 146 valence electrons. The van der Waals surface area contributed by atoms with Crippen LogP contribution < -0.4 is 5.32 Å². The predicted molar refractivity (Wildman–Crippen MR) is 96.4 cm³/mol. The van der Waals surface area contributed by atoms with Crippen LogP contribution in [-0.4, -0.2) is 91.9 Å². The number of nitrogens with one attached hydrogen (secondary N) is 1. The minimum absolute atomic E-state index is 0.00138. The quantitative estimate of drug-likeness (QED) is 0.698. The molecule has 8 nitrogen and oxygen atoms in total. The van der Waals surface area contributed by atoms with Gasteiger partial charge in [0, 0.05) is 45.3 Å². The van der Waals surface area contributed by atoms with Gasteiger partial charge in [-0.15, -0.1) is 0 Å². The highest BCUT2D eigenvalue weighted by molar-refractivity contribution is 7.86. The summed E-state index contributed by atoms with van der Waals surface area (Å²) in [4.78, 5) is 14.0. The number of morpholine rings is 1. The van der Waals surface area contributed by atoms with E-state index in [9.17, 15) is 13.2 Å². The molecule has 0 spiro atoms. The summed E-state index contributed by atoms with van der Waals surface area (Å²) in [7, 11) is -3.47. The summed E-state index contributed by atoms with van der Waals surface area (Å²) in [5, 5.41) is 2.95. The molecule has 0 saturated carbocycles. The van der Waals surface area contributed by atoms with Gasteiger partial charge in [-0.3, -0.25) is 9.69 Å². The Hall–Kier alpha value is -0.740. The van der Waals surface area contributed by atoms with E-state index in [2.05, 4.69) is 5.32 Å². The summed E-state index contributed by atoms with van der Waals surface area (Å²) < 4.78 is 34.4. The van der Waals surface area contributed by atoms with Crippen LogP contribution in [0.5, 0.6) is 0 Å². The Morgan fingerprint density at radius 1 is 1.12 bits per heavy atom. The molecular formula is C16H32N4O4S. The second-order valence-electron chi connectivity index (χ2n) is 7.13. The lowest BCUT2D eigenvalue weighted by molar-refractivity contribution is -0.123. The first-order valence-electron chi connectivity index (χ1n) is 9.14. The summed E-state index contributed by atoms with van der Waals surface area (Å²) in [6, 6.07) is 0.166. The number of ether oxygens (including phenoxy) is 1. The molecule has 25 heavy (non-hydrogen) atoms. The van der Waals surface area contributed by atoms with Crippen LogP contribution in [0.4, 0.5) is 0 Å². The topological polar surface area (TPSA) is 82.2 Å². The number of rotatable bonds is 6. The van der Waals surface area contributed by atoms with Gasteiger partial charge in [-0.2, -0.15) is 17.0 Å². The first-order chi connectivity index (χ1) is 11.7. The molecule has 0 bridgehead atoms. The maximum absolute atomic E-state index is 12.8. The third-order valence-electron chi connectivity index (χ3n) is 4.76. The number of piperazine rings is 1. The molecule has 0 aliphatic carbocycles. The van der Waals surface area contributed by atoms with Crippen molar-refractivity contribution in [2.75, 3.05) is 45.8 Å². The predicted octanol–water partition coefficient (Wildman–Crippen LogP) is -0.127. The van der Waals surface area contributed by atoms with E-state index >= 15 is 0 Å². The van der Waals surface area contributed by atoms with E-state index in [1.807, 2.05) is 32.6 Å². The zero-order valence-electron chi connectivity index (χ0n) is 15.8. The van der Waals surface area contributed by atoms with Crippen molar-refractivity contribution in [3.05, 3.63) is 0 Å². The van der Waals surface area contributed by atoms with Crippen molar-refractivity contribution in [2.24, 2.45) is 0 Å². The molecule has 2 rings (SSSR count). The standard InChI is InChI=1S/C16H32N4O4S/c1-5-13(2)17-16(21)12-18-6-8-19(9-7-18)25(22,23)20-10-14(3)24-15(4)11-20/h13-15H,5-12H2,1-4H3,(H,17,21)/t13-,14-,15+/m0/s1. The van der Waals surface area contributed by atoms with Gasteiger partial charge < -0.3 is 10.1 Å². The Kier molecular flexibility index (Phi) is 7.21. The van der Waals surface area contributed by atoms with Gasteiger partial charge >= 0.3 is 0 Å². The molecule has 2 fully saturated rings. The molecular weight excluding hydrogens is 344 g/mol. The summed E-state index contributed by atoms with van der Waals surface area (Å²) in [6.07, 6.45) is 0.710. The van der Waals surface area contributed by atoms with Crippen molar-refractivity contribution in [1.29, 1.82) is 0 Å². The van der Waals surface area contributed by atoms with Crippen LogP contribution in [0.25, 0.3) is 0 Å². The van der Waals surface area contributed by atoms with Gasteiger partial charge in [-0.05, 0) is 27.2 Å². The largest absolute Gasteiger partial charge is 0.373 e. The fraction of sp³-hybridized carbons (Fsp3) is 0.938. The van der Waals surface area contributed by atoms with Gasteiger partial charge in [0.25, 0.3) is 10.2 Å². The van der Waals surface area contributed by atoms with Crippen molar-refractivity contribution in [2.45, 2.75) is 52.4 Å². The first-order valence-corrected chi connectivity index (χ1v) is 10.5. The Labute approximate surface area is 151 Å². The third kappa shape index (κ3) is 5.62. The number of carbonyl (C=O) groups is 1. The average molecular weight is 377 g/mol. The molecule has 0 aromatic carbocycles. The molecule has 1 amide bonds. The van der Waals surface area contributed by atoms with Crippen molar-refractivity contribution in [3.8, 4) is 0 Å². The molecule has 2 saturated heterocycles. The minimum Gasteiger partial charge on any atom is -0.373 e. The summed E-state index contributed by atoms with van der Waals surface area (Å²) in [6.45, 7) is 10.9. The van der Waals surface area contributed by atoms with Gasteiger partial charge in [0.05, 0.1) is 18.8 Å². The monoisotopic (exact) mass is 376 g/mol. The lowest BCUT2D eigenvalue weighted by Gasteiger charge is -2.40. The number of carbonyl (C=O) groups excluding carboxylic acids is 1. The Bertz CT molecular complexity index is 538. The van der Waals surface area contributed by atoms with E-state index in [4.69, 9.17) is 4.74 Å². The van der Waals surface area contributed by atoms with Gasteiger partial charge in [-0.25, -0.2) is 0 Å². The molecule has 1 N–H and O–H groups in total.